The Morgan fingerprint density at radius 3 is 2.70 bits per heavy atom. The third-order valence-corrected chi connectivity index (χ3v) is 10.4. The van der Waals surface area contributed by atoms with E-state index in [1.54, 1.807) is 6.07 Å². The van der Waals surface area contributed by atoms with Crippen LogP contribution >= 0.6 is 46.1 Å². The van der Waals surface area contributed by atoms with E-state index >= 15 is 0 Å². The Kier molecular flexibility index (Phi) is 8.74. The van der Waals surface area contributed by atoms with Gasteiger partial charge >= 0.3 is 6.18 Å². The number of hydrogen-bond donors (Lipinski definition) is 1. The van der Waals surface area contributed by atoms with E-state index in [1.165, 1.54) is 18.4 Å². The summed E-state index contributed by atoms with van der Waals surface area (Å²) >= 11 is 20.2. The number of rotatable bonds is 10. The van der Waals surface area contributed by atoms with Crippen molar-refractivity contribution in [1.82, 2.24) is 25.0 Å². The number of halogens is 6. The molecule has 1 aromatic carbocycles. The zero-order chi connectivity index (χ0) is 30.5. The van der Waals surface area contributed by atoms with Gasteiger partial charge in [-0.05, 0) is 55.7 Å². The predicted octanol–water partition coefficient (Wildman–Crippen LogP) is 7.34. The molecule has 0 radical (unpaired) electrons. The number of hydrogen-bond acceptors (Lipinski definition) is 6. The number of benzene rings is 1. The van der Waals surface area contributed by atoms with E-state index in [-0.39, 0.29) is 30.5 Å². The summed E-state index contributed by atoms with van der Waals surface area (Å²) in [4.78, 5) is 21.8. The second-order valence-corrected chi connectivity index (χ2v) is 13.4. The van der Waals surface area contributed by atoms with E-state index in [0.717, 1.165) is 58.7 Å². The van der Waals surface area contributed by atoms with Gasteiger partial charge in [-0.1, -0.05) is 46.9 Å². The van der Waals surface area contributed by atoms with Crippen molar-refractivity contribution in [3.8, 4) is 5.88 Å². The van der Waals surface area contributed by atoms with Crippen molar-refractivity contribution in [2.45, 2.75) is 75.8 Å². The molecule has 2 fully saturated rings. The first-order chi connectivity index (χ1) is 20.5. The predicted molar refractivity (Wildman–Crippen MR) is 161 cm³/mol. The van der Waals surface area contributed by atoms with Crippen LogP contribution in [-0.2, 0) is 31.0 Å². The molecular formula is C29H29Cl3F3N5O2S. The fourth-order valence-corrected chi connectivity index (χ4v) is 7.61. The van der Waals surface area contributed by atoms with Crippen LogP contribution in [0.25, 0.3) is 5.57 Å². The molecule has 2 atom stereocenters. The monoisotopic (exact) mass is 673 g/mol. The number of carbonyl (C=O) groups excluding carboxylic acids is 1. The highest BCUT2D eigenvalue weighted by molar-refractivity contribution is 7.12. The highest BCUT2D eigenvalue weighted by atomic mass is 35.5. The number of carbonyl (C=O) groups is 1. The summed E-state index contributed by atoms with van der Waals surface area (Å²) in [6, 6.07) is 5.98. The van der Waals surface area contributed by atoms with Crippen molar-refractivity contribution >= 4 is 57.6 Å². The highest BCUT2D eigenvalue weighted by Crippen LogP contribution is 2.42. The zero-order valence-corrected chi connectivity index (χ0v) is 26.3. The number of fused-ring (bicyclic) bond motifs is 2. The number of alkyl halides is 3. The second-order valence-electron chi connectivity index (χ2n) is 11.1. The number of amides is 1. The summed E-state index contributed by atoms with van der Waals surface area (Å²) in [6.07, 6.45) is 2.85. The van der Waals surface area contributed by atoms with Crippen molar-refractivity contribution in [3.05, 3.63) is 66.2 Å². The van der Waals surface area contributed by atoms with Crippen LogP contribution in [0.3, 0.4) is 0 Å². The first-order valence-electron chi connectivity index (χ1n) is 14.1. The van der Waals surface area contributed by atoms with Crippen molar-refractivity contribution in [3.63, 3.8) is 0 Å². The number of nitrogens with zero attached hydrogens (tertiary/aromatic N) is 4. The lowest BCUT2D eigenvalue weighted by Crippen LogP contribution is -2.44. The van der Waals surface area contributed by atoms with Gasteiger partial charge in [0.15, 0.2) is 5.69 Å². The van der Waals surface area contributed by atoms with Crippen LogP contribution in [0.2, 0.25) is 15.1 Å². The molecule has 14 heteroatoms. The molecular weight excluding hydrogens is 646 g/mol. The molecule has 3 aromatic rings. The molecule has 43 heavy (non-hydrogen) atoms. The van der Waals surface area contributed by atoms with Gasteiger partial charge < -0.3 is 15.0 Å². The Hall–Kier alpha value is -2.31. The lowest BCUT2D eigenvalue weighted by atomic mass is 9.93. The van der Waals surface area contributed by atoms with E-state index in [0.29, 0.717) is 40.2 Å². The van der Waals surface area contributed by atoms with Gasteiger partial charge in [0.2, 0.25) is 0 Å². The molecule has 0 spiro atoms. The van der Waals surface area contributed by atoms with Gasteiger partial charge in [-0.3, -0.25) is 9.48 Å². The molecule has 1 saturated carbocycles. The van der Waals surface area contributed by atoms with Gasteiger partial charge in [-0.2, -0.15) is 13.2 Å². The molecule has 230 valence electrons. The minimum absolute atomic E-state index is 0.0130. The number of aromatic nitrogens is 3. The minimum atomic E-state index is -4.63. The topological polar surface area (TPSA) is 72.3 Å². The molecule has 1 amide bonds. The number of nitrogens with one attached hydrogen (secondary N) is 1. The van der Waals surface area contributed by atoms with Crippen LogP contribution in [0.4, 0.5) is 13.2 Å². The molecule has 7 nitrogen and oxygen atoms in total. The maximum absolute atomic E-state index is 14.3. The molecule has 4 heterocycles. The van der Waals surface area contributed by atoms with Crippen LogP contribution in [0, 0.1) is 0 Å². The molecule has 2 aromatic heterocycles. The SMILES string of the molecule is Cn1nc(OCCCc2ncc(C3=C(C(=O)N(Cc4cccc(Cl)c4Cl)C4CC4)C4CCC(C3)N4)s2)c(Cl)c1C(F)(F)F. The summed E-state index contributed by atoms with van der Waals surface area (Å²) in [5, 5.41) is 8.65. The first-order valence-corrected chi connectivity index (χ1v) is 16.1. The summed E-state index contributed by atoms with van der Waals surface area (Å²) in [6.45, 7) is 0.528. The standard InChI is InChI=1S/C29H29Cl3F3N5O2S/c1-39-26(29(33,34)35)25(32)27(38-39)42-11-3-6-22-36-13-21(43-22)18-12-16-7-10-20(37-16)23(18)28(41)40(17-8-9-17)14-15-4-2-5-19(30)24(15)31/h2,4-5,13,16-17,20,37H,3,6-12,14H2,1H3. The lowest BCUT2D eigenvalue weighted by Gasteiger charge is -2.31. The van der Waals surface area contributed by atoms with E-state index < -0.39 is 16.9 Å². The van der Waals surface area contributed by atoms with Crippen LogP contribution in [0.15, 0.2) is 30.0 Å². The highest BCUT2D eigenvalue weighted by Gasteiger charge is 2.43. The zero-order valence-electron chi connectivity index (χ0n) is 23.2. The Labute approximate surface area is 266 Å². The van der Waals surface area contributed by atoms with Crippen LogP contribution < -0.4 is 10.1 Å². The summed E-state index contributed by atoms with van der Waals surface area (Å²) in [7, 11) is 1.18. The Balaban J connectivity index is 1.17. The van der Waals surface area contributed by atoms with Crippen molar-refractivity contribution < 1.29 is 22.7 Å². The fraction of sp³-hybridized carbons (Fsp3) is 0.483. The number of thiazole rings is 1. The fourth-order valence-electron chi connectivity index (χ4n) is 5.88. The average molecular weight is 675 g/mol. The van der Waals surface area contributed by atoms with E-state index in [9.17, 15) is 18.0 Å². The third-order valence-electron chi connectivity index (χ3n) is 8.07. The average Bonchev–Trinajstić information content (AvgIpc) is 3.44. The van der Waals surface area contributed by atoms with E-state index in [4.69, 9.17) is 39.5 Å². The Morgan fingerprint density at radius 2 is 1.98 bits per heavy atom. The van der Waals surface area contributed by atoms with Gasteiger partial charge in [0.1, 0.15) is 5.02 Å². The molecule has 1 saturated heterocycles. The van der Waals surface area contributed by atoms with Crippen LogP contribution in [0.1, 0.15) is 59.7 Å². The summed E-state index contributed by atoms with van der Waals surface area (Å²) in [5.41, 5.74) is 1.63. The molecule has 2 bridgehead atoms. The van der Waals surface area contributed by atoms with Gasteiger partial charge in [-0.15, -0.1) is 16.4 Å². The van der Waals surface area contributed by atoms with Crippen molar-refractivity contribution in [2.24, 2.45) is 7.05 Å². The smallest absolute Gasteiger partial charge is 0.434 e. The van der Waals surface area contributed by atoms with Crippen molar-refractivity contribution in [1.29, 1.82) is 0 Å². The maximum atomic E-state index is 14.3. The molecule has 2 unspecified atom stereocenters. The van der Waals surface area contributed by atoms with Gasteiger partial charge in [-0.25, -0.2) is 4.98 Å². The van der Waals surface area contributed by atoms with Gasteiger partial charge in [0, 0.05) is 49.9 Å². The summed E-state index contributed by atoms with van der Waals surface area (Å²) in [5.74, 6) is -0.214. The minimum Gasteiger partial charge on any atom is -0.476 e. The number of aryl methyl sites for hydroxylation is 2. The van der Waals surface area contributed by atoms with Crippen LogP contribution in [-0.4, -0.2) is 50.3 Å². The molecule has 1 N–H and O–H groups in total. The quantitative estimate of drug-likeness (QED) is 0.228. The largest absolute Gasteiger partial charge is 0.476 e. The van der Waals surface area contributed by atoms with Crippen molar-refractivity contribution in [2.75, 3.05) is 6.61 Å². The first kappa shape index (κ1) is 30.7. The van der Waals surface area contributed by atoms with E-state index in [2.05, 4.69) is 15.4 Å². The molecule has 3 aliphatic rings. The lowest BCUT2D eigenvalue weighted by molar-refractivity contribution is -0.143. The Morgan fingerprint density at radius 1 is 1.19 bits per heavy atom. The van der Waals surface area contributed by atoms with Gasteiger partial charge in [0.05, 0.1) is 26.5 Å². The normalized spacial score (nSPS) is 20.2. The van der Waals surface area contributed by atoms with Crippen LogP contribution in [0.5, 0.6) is 5.88 Å². The molecule has 6 rings (SSSR count). The summed E-state index contributed by atoms with van der Waals surface area (Å²) < 4.78 is 45.7. The molecule has 1 aliphatic carbocycles. The second kappa shape index (κ2) is 12.2. The van der Waals surface area contributed by atoms with Gasteiger partial charge in [0.25, 0.3) is 11.8 Å². The third kappa shape index (κ3) is 6.42. The maximum Gasteiger partial charge on any atom is 0.434 e. The number of ether oxygens (including phenoxy) is 1. The Bertz CT molecular complexity index is 1570. The molecule has 2 aliphatic heterocycles. The van der Waals surface area contributed by atoms with E-state index in [1.807, 2.05) is 23.2 Å².